The van der Waals surface area contributed by atoms with Crippen LogP contribution in [0.4, 0.5) is 0 Å². The highest BCUT2D eigenvalue weighted by Crippen LogP contribution is 2.25. The molecule has 1 aromatic rings. The fraction of sp³-hybridized carbons (Fsp3) is 0.400. The van der Waals surface area contributed by atoms with Gasteiger partial charge < -0.3 is 5.26 Å². The Bertz CT molecular complexity index is 276. The van der Waals surface area contributed by atoms with E-state index in [1.54, 1.807) is 0 Å². The molecule has 0 aliphatic heterocycles. The van der Waals surface area contributed by atoms with Crippen molar-refractivity contribution in [3.63, 3.8) is 0 Å². The number of hydrogen-bond donors (Lipinski definition) is 0. The van der Waals surface area contributed by atoms with Crippen LogP contribution in [0.2, 0.25) is 0 Å². The molecule has 4 heteroatoms. The predicted octanol–water partition coefficient (Wildman–Crippen LogP) is 2.21. The number of hydrogen-bond acceptors (Lipinski definition) is 4. The van der Waals surface area contributed by atoms with Gasteiger partial charge in [0.15, 0.2) is 0 Å². The van der Waals surface area contributed by atoms with Gasteiger partial charge in [-0.25, -0.2) is 0 Å². The normalized spacial score (nSPS) is 11.7. The van der Waals surface area contributed by atoms with E-state index in [0.717, 1.165) is 16.9 Å². The zero-order valence-electron chi connectivity index (χ0n) is 8.44. The first-order valence-electron chi connectivity index (χ1n) is 4.28. The molecule has 0 heterocycles. The minimum absolute atomic E-state index is 0.138. The molecular formula is C10H13O3S-. The van der Waals surface area contributed by atoms with Gasteiger partial charge in [0, 0.05) is 4.90 Å². The summed E-state index contributed by atoms with van der Waals surface area (Å²) in [6, 6.07) is 7.81. The Morgan fingerprint density at radius 1 is 1.14 bits per heavy atom. The monoisotopic (exact) mass is 213 g/mol. The minimum Gasteiger partial charge on any atom is -0.691 e. The highest BCUT2D eigenvalue weighted by atomic mass is 32.2. The van der Waals surface area contributed by atoms with Crippen molar-refractivity contribution in [3.8, 4) is 0 Å². The lowest BCUT2D eigenvalue weighted by atomic mass is 9.87. The molecule has 0 aliphatic carbocycles. The second-order valence-corrected chi connectivity index (χ2v) is 4.77. The Hall–Kier alpha value is -0.550. The van der Waals surface area contributed by atoms with Crippen molar-refractivity contribution in [2.24, 2.45) is 0 Å². The summed E-state index contributed by atoms with van der Waals surface area (Å²) in [5.74, 6) is 0. The molecule has 0 saturated carbocycles. The fourth-order valence-corrected chi connectivity index (χ4v) is 1.42. The molecule has 1 aromatic carbocycles. The zero-order chi connectivity index (χ0) is 10.6. The first-order chi connectivity index (χ1) is 6.54. The van der Waals surface area contributed by atoms with Gasteiger partial charge in [0.25, 0.3) is 0 Å². The third-order valence-electron chi connectivity index (χ3n) is 1.88. The summed E-state index contributed by atoms with van der Waals surface area (Å²) in [6.07, 6.45) is 0. The molecular weight excluding hydrogens is 200 g/mol. The maximum Gasteiger partial charge on any atom is 0.0674 e. The third kappa shape index (κ3) is 3.31. The van der Waals surface area contributed by atoms with E-state index in [-0.39, 0.29) is 5.41 Å². The second kappa shape index (κ2) is 4.79. The molecule has 1 rings (SSSR count). The van der Waals surface area contributed by atoms with E-state index in [2.05, 4.69) is 30.1 Å². The number of rotatable bonds is 3. The van der Waals surface area contributed by atoms with E-state index in [4.69, 9.17) is 0 Å². The molecule has 0 amide bonds. The van der Waals surface area contributed by atoms with Crippen molar-refractivity contribution in [1.29, 1.82) is 0 Å². The van der Waals surface area contributed by atoms with E-state index in [9.17, 15) is 5.26 Å². The molecule has 0 saturated heterocycles. The third-order valence-corrected chi connectivity index (χ3v) is 2.47. The van der Waals surface area contributed by atoms with Crippen LogP contribution in [0, 0.1) is 0 Å². The fourth-order valence-electron chi connectivity index (χ4n) is 1.06. The predicted molar refractivity (Wildman–Crippen MR) is 53.2 cm³/mol. The maximum absolute atomic E-state index is 9.59. The molecule has 0 bridgehead atoms. The maximum atomic E-state index is 9.59. The van der Waals surface area contributed by atoms with Gasteiger partial charge in [0.1, 0.15) is 0 Å². The average Bonchev–Trinajstić information content (AvgIpc) is 2.14. The molecule has 0 aromatic heterocycles. The summed E-state index contributed by atoms with van der Waals surface area (Å²) in [6.45, 7) is 6.44. The van der Waals surface area contributed by atoms with Crippen LogP contribution in [0.3, 0.4) is 0 Å². The van der Waals surface area contributed by atoms with Crippen LogP contribution in [-0.2, 0) is 14.8 Å². The van der Waals surface area contributed by atoms with Gasteiger partial charge >= 0.3 is 0 Å². The van der Waals surface area contributed by atoms with Gasteiger partial charge in [-0.1, -0.05) is 32.9 Å². The van der Waals surface area contributed by atoms with Gasteiger partial charge in [-0.15, -0.1) is 0 Å². The van der Waals surface area contributed by atoms with Crippen LogP contribution in [0.15, 0.2) is 29.2 Å². The Kier molecular flexibility index (Phi) is 3.95. The first-order valence-corrected chi connectivity index (χ1v) is 5.02. The summed E-state index contributed by atoms with van der Waals surface area (Å²) in [4.78, 5) is 0.842. The first kappa shape index (κ1) is 11.5. The van der Waals surface area contributed by atoms with Crippen LogP contribution in [0.1, 0.15) is 26.3 Å². The smallest absolute Gasteiger partial charge is 0.0674 e. The second-order valence-electron chi connectivity index (χ2n) is 3.99. The Morgan fingerprint density at radius 2 is 1.71 bits per heavy atom. The van der Waals surface area contributed by atoms with E-state index in [1.165, 1.54) is 5.56 Å². The minimum atomic E-state index is 0.138. The molecule has 3 nitrogen and oxygen atoms in total. The van der Waals surface area contributed by atoms with Crippen LogP contribution >= 0.6 is 12.0 Å². The molecule has 0 radical (unpaired) electrons. The van der Waals surface area contributed by atoms with Gasteiger partial charge in [0.2, 0.25) is 0 Å². The highest BCUT2D eigenvalue weighted by molar-refractivity contribution is 7.94. The van der Waals surface area contributed by atoms with Crippen LogP contribution < -0.4 is 5.26 Å². The molecule has 0 unspecified atom stereocenters. The van der Waals surface area contributed by atoms with Gasteiger partial charge in [0.05, 0.1) is 12.0 Å². The lowest BCUT2D eigenvalue weighted by Crippen LogP contribution is -2.10. The van der Waals surface area contributed by atoms with Crippen molar-refractivity contribution in [3.05, 3.63) is 29.8 Å². The van der Waals surface area contributed by atoms with Crippen molar-refractivity contribution in [2.75, 3.05) is 0 Å². The van der Waals surface area contributed by atoms with Crippen LogP contribution in [-0.4, -0.2) is 0 Å². The van der Waals surface area contributed by atoms with E-state index >= 15 is 0 Å². The summed E-state index contributed by atoms with van der Waals surface area (Å²) in [5.41, 5.74) is 1.38. The van der Waals surface area contributed by atoms with Crippen LogP contribution in [0.5, 0.6) is 0 Å². The molecule has 0 atom stereocenters. The Labute approximate surface area is 88.1 Å². The van der Waals surface area contributed by atoms with Crippen LogP contribution in [0.25, 0.3) is 0 Å². The van der Waals surface area contributed by atoms with E-state index < -0.39 is 0 Å². The van der Waals surface area contributed by atoms with Gasteiger partial charge in [-0.05, 0) is 23.1 Å². The molecule has 78 valence electrons. The Morgan fingerprint density at radius 3 is 2.14 bits per heavy atom. The lowest BCUT2D eigenvalue weighted by molar-refractivity contribution is -0.777. The van der Waals surface area contributed by atoms with E-state index in [1.807, 2.05) is 24.3 Å². The largest absolute Gasteiger partial charge is 0.691 e. The van der Waals surface area contributed by atoms with Crippen molar-refractivity contribution in [2.45, 2.75) is 31.1 Å². The lowest BCUT2D eigenvalue weighted by Gasteiger charge is -2.18. The summed E-state index contributed by atoms with van der Waals surface area (Å²) < 4.78 is 4.21. The quantitative estimate of drug-likeness (QED) is 0.438. The van der Waals surface area contributed by atoms with Crippen molar-refractivity contribution >= 4 is 12.0 Å². The van der Waals surface area contributed by atoms with Crippen molar-refractivity contribution < 1.29 is 14.6 Å². The van der Waals surface area contributed by atoms with E-state index in [0.29, 0.717) is 0 Å². The molecule has 0 aliphatic rings. The number of benzene rings is 1. The molecule has 14 heavy (non-hydrogen) atoms. The topological polar surface area (TPSA) is 41.5 Å². The summed E-state index contributed by atoms with van der Waals surface area (Å²) >= 11 is 0.905. The SMILES string of the molecule is CC(C)(C)c1ccc(SOO[O-])cc1. The molecule has 0 N–H and O–H groups in total. The van der Waals surface area contributed by atoms with Crippen molar-refractivity contribution in [1.82, 2.24) is 0 Å². The molecule has 0 spiro atoms. The van der Waals surface area contributed by atoms with Gasteiger partial charge in [-0.2, -0.15) is 4.33 Å². The highest BCUT2D eigenvalue weighted by Gasteiger charge is 2.12. The van der Waals surface area contributed by atoms with Gasteiger partial charge in [-0.3, -0.25) is 5.04 Å². The summed E-state index contributed by atoms with van der Waals surface area (Å²) in [5, 5.41) is 12.8. The summed E-state index contributed by atoms with van der Waals surface area (Å²) in [7, 11) is 0. The zero-order valence-corrected chi connectivity index (χ0v) is 9.26. The standard InChI is InChI=1S/C10H14O3S/c1-10(2,3)8-4-6-9(7-5-8)14-13-12-11/h4-7,11H,1-3H3/p-1. The molecule has 0 fully saturated rings. The Balaban J connectivity index is 2.69. The average molecular weight is 213 g/mol.